The second-order valence-corrected chi connectivity index (χ2v) is 6.70. The quantitative estimate of drug-likeness (QED) is 0.924. The van der Waals surface area contributed by atoms with Crippen molar-refractivity contribution in [3.8, 4) is 0 Å². The van der Waals surface area contributed by atoms with Gasteiger partial charge in [-0.3, -0.25) is 9.59 Å². The molecule has 0 bridgehead atoms. The van der Waals surface area contributed by atoms with Crippen LogP contribution in [0, 0.1) is 12.3 Å². The van der Waals surface area contributed by atoms with Gasteiger partial charge in [0.15, 0.2) is 18.1 Å². The molecule has 2 rings (SSSR count). The van der Waals surface area contributed by atoms with Crippen LogP contribution in [0.25, 0.3) is 0 Å². The number of hydrogen-bond acceptors (Lipinski definition) is 3. The number of Topliss-reactive ketones (excluding diaryl/α,β-unsaturated/α-hetero) is 1. The van der Waals surface area contributed by atoms with Gasteiger partial charge in [-0.2, -0.15) is 0 Å². The van der Waals surface area contributed by atoms with Gasteiger partial charge in [0.2, 0.25) is 0 Å². The fourth-order valence-electron chi connectivity index (χ4n) is 2.85. The number of ketones is 1. The standard InChI is InChI=1S/C18H23NO3/c1-12-7-5-6-8-14(12)19-16(21)11-22-17-13(2)9-18(3,4)10-15(17)20/h5-8H,9-11H2,1-4H3,(H,19,21). The van der Waals surface area contributed by atoms with E-state index in [0.717, 1.165) is 23.2 Å². The van der Waals surface area contributed by atoms with Gasteiger partial charge in [0.25, 0.3) is 5.91 Å². The summed E-state index contributed by atoms with van der Waals surface area (Å²) in [5, 5.41) is 2.80. The van der Waals surface area contributed by atoms with Crippen LogP contribution in [-0.4, -0.2) is 18.3 Å². The van der Waals surface area contributed by atoms with E-state index in [0.29, 0.717) is 12.2 Å². The monoisotopic (exact) mass is 301 g/mol. The zero-order valence-electron chi connectivity index (χ0n) is 13.7. The van der Waals surface area contributed by atoms with Crippen molar-refractivity contribution >= 4 is 17.4 Å². The van der Waals surface area contributed by atoms with Gasteiger partial charge in [0, 0.05) is 12.1 Å². The normalized spacial score (nSPS) is 17.4. The number of ether oxygens (including phenoxy) is 1. The van der Waals surface area contributed by atoms with Crippen LogP contribution in [0.15, 0.2) is 35.6 Å². The Hall–Kier alpha value is -2.10. The first-order valence-corrected chi connectivity index (χ1v) is 7.50. The molecule has 0 aliphatic heterocycles. The van der Waals surface area contributed by atoms with Crippen molar-refractivity contribution < 1.29 is 14.3 Å². The van der Waals surface area contributed by atoms with Crippen molar-refractivity contribution in [1.29, 1.82) is 0 Å². The van der Waals surface area contributed by atoms with E-state index >= 15 is 0 Å². The Balaban J connectivity index is 1.97. The van der Waals surface area contributed by atoms with Crippen molar-refractivity contribution in [1.82, 2.24) is 0 Å². The SMILES string of the molecule is CC1=C(OCC(=O)Nc2ccccc2C)C(=O)CC(C)(C)C1. The zero-order chi connectivity index (χ0) is 16.3. The molecule has 0 unspecified atom stereocenters. The van der Waals surface area contributed by atoms with Crippen LogP contribution in [0.2, 0.25) is 0 Å². The molecule has 0 heterocycles. The van der Waals surface area contributed by atoms with Gasteiger partial charge in [0.1, 0.15) is 0 Å². The molecule has 1 aromatic carbocycles. The summed E-state index contributed by atoms with van der Waals surface area (Å²) in [5.74, 6) is 0.0870. The largest absolute Gasteiger partial charge is 0.480 e. The number of hydrogen-bond donors (Lipinski definition) is 1. The van der Waals surface area contributed by atoms with E-state index in [1.165, 1.54) is 0 Å². The molecule has 118 valence electrons. The summed E-state index contributed by atoms with van der Waals surface area (Å²) in [6.07, 6.45) is 1.27. The van der Waals surface area contributed by atoms with Crippen molar-refractivity contribution in [2.45, 2.75) is 40.5 Å². The van der Waals surface area contributed by atoms with Crippen molar-refractivity contribution in [3.63, 3.8) is 0 Å². The highest BCUT2D eigenvalue weighted by Crippen LogP contribution is 2.36. The molecule has 1 N–H and O–H groups in total. The van der Waals surface area contributed by atoms with Crippen LogP contribution in [0.5, 0.6) is 0 Å². The third-order valence-electron chi connectivity index (χ3n) is 3.79. The number of anilines is 1. The number of aryl methyl sites for hydroxylation is 1. The summed E-state index contributed by atoms with van der Waals surface area (Å²) >= 11 is 0. The van der Waals surface area contributed by atoms with Gasteiger partial charge < -0.3 is 10.1 Å². The van der Waals surface area contributed by atoms with Gasteiger partial charge in [-0.15, -0.1) is 0 Å². The molecule has 0 aromatic heterocycles. The summed E-state index contributed by atoms with van der Waals surface area (Å²) in [6.45, 7) is 7.81. The fourth-order valence-corrected chi connectivity index (χ4v) is 2.85. The van der Waals surface area contributed by atoms with E-state index in [2.05, 4.69) is 19.2 Å². The van der Waals surface area contributed by atoms with Gasteiger partial charge >= 0.3 is 0 Å². The molecule has 0 saturated carbocycles. The number of carbonyl (C=O) groups is 2. The summed E-state index contributed by atoms with van der Waals surface area (Å²) in [6, 6.07) is 7.54. The molecular formula is C18H23NO3. The average Bonchev–Trinajstić information content (AvgIpc) is 2.39. The second-order valence-electron chi connectivity index (χ2n) is 6.70. The summed E-state index contributed by atoms with van der Waals surface area (Å²) in [7, 11) is 0. The van der Waals surface area contributed by atoms with E-state index in [-0.39, 0.29) is 23.7 Å². The molecule has 0 radical (unpaired) electrons. The molecule has 0 saturated heterocycles. The summed E-state index contributed by atoms with van der Waals surface area (Å²) < 4.78 is 5.49. The molecular weight excluding hydrogens is 278 g/mol. The first kappa shape index (κ1) is 16.3. The average molecular weight is 301 g/mol. The van der Waals surface area contributed by atoms with E-state index < -0.39 is 0 Å². The third-order valence-corrected chi connectivity index (χ3v) is 3.79. The minimum Gasteiger partial charge on any atom is -0.480 e. The van der Waals surface area contributed by atoms with Gasteiger partial charge in [-0.05, 0) is 42.9 Å². The summed E-state index contributed by atoms with van der Waals surface area (Å²) in [4.78, 5) is 24.1. The Morgan fingerprint density at radius 1 is 1.23 bits per heavy atom. The molecule has 0 atom stereocenters. The topological polar surface area (TPSA) is 55.4 Å². The summed E-state index contributed by atoms with van der Waals surface area (Å²) in [5.41, 5.74) is 2.64. The first-order valence-electron chi connectivity index (χ1n) is 7.50. The van der Waals surface area contributed by atoms with Gasteiger partial charge in [-0.1, -0.05) is 32.0 Å². The minimum atomic E-state index is -0.257. The zero-order valence-corrected chi connectivity index (χ0v) is 13.7. The Labute approximate surface area is 131 Å². The number of nitrogens with one attached hydrogen (secondary N) is 1. The maximum Gasteiger partial charge on any atom is 0.262 e. The third kappa shape index (κ3) is 3.97. The highest BCUT2D eigenvalue weighted by atomic mass is 16.5. The van der Waals surface area contributed by atoms with Crippen LogP contribution in [0.3, 0.4) is 0 Å². The van der Waals surface area contributed by atoms with Crippen molar-refractivity contribution in [2.75, 3.05) is 11.9 Å². The fraction of sp³-hybridized carbons (Fsp3) is 0.444. The maximum atomic E-state index is 12.1. The lowest BCUT2D eigenvalue weighted by molar-refractivity contribution is -0.124. The highest BCUT2D eigenvalue weighted by molar-refractivity contribution is 5.97. The van der Waals surface area contributed by atoms with Gasteiger partial charge in [0.05, 0.1) is 0 Å². The number of allylic oxidation sites excluding steroid dienone is 2. The number of carbonyl (C=O) groups excluding carboxylic acids is 2. The van der Waals surface area contributed by atoms with E-state index in [1.54, 1.807) is 0 Å². The van der Waals surface area contributed by atoms with Crippen LogP contribution in [0.1, 0.15) is 39.2 Å². The van der Waals surface area contributed by atoms with Crippen LogP contribution < -0.4 is 5.32 Å². The second kappa shape index (κ2) is 6.34. The lowest BCUT2D eigenvalue weighted by atomic mass is 9.76. The molecule has 22 heavy (non-hydrogen) atoms. The Bertz CT molecular complexity index is 629. The van der Waals surface area contributed by atoms with Crippen LogP contribution >= 0.6 is 0 Å². The molecule has 0 fully saturated rings. The van der Waals surface area contributed by atoms with Crippen molar-refractivity contribution in [2.24, 2.45) is 5.41 Å². The molecule has 1 aliphatic carbocycles. The predicted octanol–water partition coefficient (Wildman–Crippen LogP) is 3.61. The number of para-hydroxylation sites is 1. The number of amides is 1. The van der Waals surface area contributed by atoms with Crippen molar-refractivity contribution in [3.05, 3.63) is 41.2 Å². The first-order chi connectivity index (χ1) is 10.3. The lowest BCUT2D eigenvalue weighted by Crippen LogP contribution is -2.28. The highest BCUT2D eigenvalue weighted by Gasteiger charge is 2.32. The molecule has 1 amide bonds. The Morgan fingerprint density at radius 2 is 1.91 bits per heavy atom. The number of benzene rings is 1. The van der Waals surface area contributed by atoms with Crippen LogP contribution in [0.4, 0.5) is 5.69 Å². The molecule has 4 heteroatoms. The maximum absolute atomic E-state index is 12.1. The Kier molecular flexibility index (Phi) is 4.69. The van der Waals surface area contributed by atoms with Gasteiger partial charge in [-0.25, -0.2) is 0 Å². The lowest BCUT2D eigenvalue weighted by Gasteiger charge is -2.30. The molecule has 4 nitrogen and oxygen atoms in total. The Morgan fingerprint density at radius 3 is 2.55 bits per heavy atom. The van der Waals surface area contributed by atoms with E-state index in [4.69, 9.17) is 4.74 Å². The molecule has 1 aliphatic rings. The molecule has 0 spiro atoms. The minimum absolute atomic E-state index is 0.0163. The van der Waals surface area contributed by atoms with E-state index in [1.807, 2.05) is 38.1 Å². The van der Waals surface area contributed by atoms with E-state index in [9.17, 15) is 9.59 Å². The smallest absolute Gasteiger partial charge is 0.262 e. The number of rotatable bonds is 4. The predicted molar refractivity (Wildman–Crippen MR) is 86.5 cm³/mol. The molecule has 1 aromatic rings. The van der Waals surface area contributed by atoms with Crippen LogP contribution in [-0.2, 0) is 14.3 Å².